The molecule has 5 nitrogen and oxygen atoms in total. The maximum Gasteiger partial charge on any atom is 0.338 e. The smallest absolute Gasteiger partial charge is 0.338 e. The molecule has 0 aliphatic heterocycles. The minimum atomic E-state index is -1.12. The van der Waals surface area contributed by atoms with Gasteiger partial charge in [-0.3, -0.25) is 9.78 Å². The Balaban J connectivity index is 2.12. The number of carbonyl (C=O) groups is 2. The third-order valence-electron chi connectivity index (χ3n) is 3.59. The van der Waals surface area contributed by atoms with E-state index < -0.39 is 5.97 Å². The fourth-order valence-corrected chi connectivity index (χ4v) is 2.59. The number of amides is 1. The van der Waals surface area contributed by atoms with E-state index in [1.165, 1.54) is 31.2 Å². The van der Waals surface area contributed by atoms with Crippen molar-refractivity contribution < 1.29 is 14.7 Å². The van der Waals surface area contributed by atoms with Gasteiger partial charge < -0.3 is 10.0 Å². The van der Waals surface area contributed by atoms with Crippen molar-refractivity contribution in [3.8, 4) is 0 Å². The van der Waals surface area contributed by atoms with Crippen LogP contribution in [0.4, 0.5) is 0 Å². The number of aromatic nitrogens is 1. The first kappa shape index (κ1) is 13.5. The quantitative estimate of drug-likeness (QED) is 0.901. The molecule has 1 saturated carbocycles. The Morgan fingerprint density at radius 1 is 1.42 bits per heavy atom. The normalized spacial score (nSPS) is 15.4. The van der Waals surface area contributed by atoms with Gasteiger partial charge in [-0.05, 0) is 30.9 Å². The molecular formula is C14H18N2O3. The van der Waals surface area contributed by atoms with Crippen molar-refractivity contribution in [3.63, 3.8) is 0 Å². The number of carboxylic acid groups (broad SMARTS) is 1. The largest absolute Gasteiger partial charge is 0.478 e. The van der Waals surface area contributed by atoms with E-state index in [9.17, 15) is 9.59 Å². The van der Waals surface area contributed by atoms with Gasteiger partial charge in [-0.15, -0.1) is 0 Å². The zero-order chi connectivity index (χ0) is 13.8. The summed E-state index contributed by atoms with van der Waals surface area (Å²) < 4.78 is 0. The highest BCUT2D eigenvalue weighted by molar-refractivity contribution is 6.03. The van der Waals surface area contributed by atoms with Crippen LogP contribution in [0.25, 0.3) is 0 Å². The molecule has 0 unspecified atom stereocenters. The zero-order valence-corrected chi connectivity index (χ0v) is 11.0. The molecule has 102 valence electrons. The second-order valence-electron chi connectivity index (χ2n) is 5.04. The molecule has 1 aliphatic rings. The Labute approximate surface area is 112 Å². The maximum atomic E-state index is 12.3. The van der Waals surface area contributed by atoms with Crippen molar-refractivity contribution in [2.45, 2.75) is 25.7 Å². The first-order chi connectivity index (χ1) is 9.09. The lowest BCUT2D eigenvalue weighted by Gasteiger charge is -2.21. The van der Waals surface area contributed by atoms with E-state index >= 15 is 0 Å². The van der Waals surface area contributed by atoms with Crippen LogP contribution in [0.3, 0.4) is 0 Å². The Kier molecular flexibility index (Phi) is 4.14. The van der Waals surface area contributed by atoms with Gasteiger partial charge in [-0.25, -0.2) is 4.79 Å². The standard InChI is InChI=1S/C14H18N2O3/c1-16(9-10-5-2-3-6-10)13(17)12-11(14(18)19)7-4-8-15-12/h4,7-8,10H,2-3,5-6,9H2,1H3,(H,18,19). The van der Waals surface area contributed by atoms with E-state index in [4.69, 9.17) is 5.11 Å². The van der Waals surface area contributed by atoms with Gasteiger partial charge in [-0.2, -0.15) is 0 Å². The van der Waals surface area contributed by atoms with Crippen molar-refractivity contribution in [2.75, 3.05) is 13.6 Å². The highest BCUT2D eigenvalue weighted by atomic mass is 16.4. The van der Waals surface area contributed by atoms with Crippen molar-refractivity contribution in [2.24, 2.45) is 5.92 Å². The molecule has 0 radical (unpaired) electrons. The van der Waals surface area contributed by atoms with Crippen LogP contribution in [0.2, 0.25) is 0 Å². The summed E-state index contributed by atoms with van der Waals surface area (Å²) in [6, 6.07) is 2.93. The second-order valence-corrected chi connectivity index (χ2v) is 5.04. The topological polar surface area (TPSA) is 70.5 Å². The van der Waals surface area contributed by atoms with Gasteiger partial charge in [0.05, 0.1) is 5.56 Å². The number of nitrogens with zero attached hydrogens (tertiary/aromatic N) is 2. The molecule has 1 aromatic rings. The number of hydrogen-bond acceptors (Lipinski definition) is 3. The van der Waals surface area contributed by atoms with Crippen LogP contribution in [0.5, 0.6) is 0 Å². The van der Waals surface area contributed by atoms with Crippen LogP contribution >= 0.6 is 0 Å². The summed E-state index contributed by atoms with van der Waals surface area (Å²) in [5, 5.41) is 9.07. The van der Waals surface area contributed by atoms with Crippen LogP contribution in [0, 0.1) is 5.92 Å². The molecule has 1 heterocycles. The molecule has 1 aromatic heterocycles. The molecule has 1 amide bonds. The summed E-state index contributed by atoms with van der Waals surface area (Å²) in [6.07, 6.45) is 6.17. The third kappa shape index (κ3) is 3.10. The summed E-state index contributed by atoms with van der Waals surface area (Å²) in [5.74, 6) is -0.901. The van der Waals surface area contributed by atoms with Gasteiger partial charge >= 0.3 is 5.97 Å². The van der Waals surface area contributed by atoms with Gasteiger partial charge in [0.15, 0.2) is 0 Å². The van der Waals surface area contributed by atoms with Crippen LogP contribution < -0.4 is 0 Å². The summed E-state index contributed by atoms with van der Waals surface area (Å²) in [4.78, 5) is 28.9. The van der Waals surface area contributed by atoms with Crippen molar-refractivity contribution in [1.29, 1.82) is 0 Å². The van der Waals surface area contributed by atoms with Gasteiger partial charge in [0.25, 0.3) is 5.91 Å². The highest BCUT2D eigenvalue weighted by Gasteiger charge is 2.24. The Hall–Kier alpha value is -1.91. The molecule has 0 aromatic carbocycles. The summed E-state index contributed by atoms with van der Waals surface area (Å²) >= 11 is 0. The SMILES string of the molecule is CN(CC1CCCC1)C(=O)c1ncccc1C(=O)O. The van der Waals surface area contributed by atoms with E-state index in [1.807, 2.05) is 0 Å². The Bertz CT molecular complexity index is 481. The zero-order valence-electron chi connectivity index (χ0n) is 11.0. The Morgan fingerprint density at radius 2 is 2.11 bits per heavy atom. The summed E-state index contributed by atoms with van der Waals surface area (Å²) in [6.45, 7) is 0.675. The molecular weight excluding hydrogens is 244 g/mol. The fraction of sp³-hybridized carbons (Fsp3) is 0.500. The maximum absolute atomic E-state index is 12.3. The lowest BCUT2D eigenvalue weighted by atomic mass is 10.1. The molecule has 2 rings (SSSR count). The predicted molar refractivity (Wildman–Crippen MR) is 70.1 cm³/mol. The molecule has 0 saturated heterocycles. The fourth-order valence-electron chi connectivity index (χ4n) is 2.59. The van der Waals surface area contributed by atoms with Gasteiger partial charge in [0.2, 0.25) is 0 Å². The number of carboxylic acids is 1. The average molecular weight is 262 g/mol. The number of pyridine rings is 1. The molecule has 0 atom stereocenters. The second kappa shape index (κ2) is 5.82. The van der Waals surface area contributed by atoms with Gasteiger partial charge in [0, 0.05) is 19.8 Å². The number of rotatable bonds is 4. The van der Waals surface area contributed by atoms with Crippen molar-refractivity contribution in [3.05, 3.63) is 29.6 Å². The molecule has 0 spiro atoms. The van der Waals surface area contributed by atoms with E-state index in [2.05, 4.69) is 4.98 Å². The predicted octanol–water partition coefficient (Wildman–Crippen LogP) is 2.04. The Morgan fingerprint density at radius 3 is 2.74 bits per heavy atom. The van der Waals surface area contributed by atoms with E-state index in [-0.39, 0.29) is 17.2 Å². The average Bonchev–Trinajstić information content (AvgIpc) is 2.90. The van der Waals surface area contributed by atoms with Crippen molar-refractivity contribution >= 4 is 11.9 Å². The van der Waals surface area contributed by atoms with Crippen LogP contribution in [0.15, 0.2) is 18.3 Å². The van der Waals surface area contributed by atoms with Crippen molar-refractivity contribution in [1.82, 2.24) is 9.88 Å². The highest BCUT2D eigenvalue weighted by Crippen LogP contribution is 2.25. The lowest BCUT2D eigenvalue weighted by molar-refractivity contribution is 0.0676. The molecule has 1 aliphatic carbocycles. The molecule has 1 fully saturated rings. The summed E-state index contributed by atoms with van der Waals surface area (Å²) in [5.41, 5.74) is -0.0127. The minimum absolute atomic E-state index is 0.0236. The van der Waals surface area contributed by atoms with E-state index in [0.717, 1.165) is 12.8 Å². The summed E-state index contributed by atoms with van der Waals surface area (Å²) in [7, 11) is 1.71. The van der Waals surface area contributed by atoms with E-state index in [1.54, 1.807) is 11.9 Å². The lowest BCUT2D eigenvalue weighted by Crippen LogP contribution is -2.32. The molecule has 19 heavy (non-hydrogen) atoms. The first-order valence-electron chi connectivity index (χ1n) is 6.53. The van der Waals surface area contributed by atoms with Crippen LogP contribution in [-0.2, 0) is 0 Å². The van der Waals surface area contributed by atoms with Crippen LogP contribution in [0.1, 0.15) is 46.5 Å². The third-order valence-corrected chi connectivity index (χ3v) is 3.59. The van der Waals surface area contributed by atoms with Crippen LogP contribution in [-0.4, -0.2) is 40.5 Å². The van der Waals surface area contributed by atoms with Gasteiger partial charge in [0.1, 0.15) is 5.69 Å². The van der Waals surface area contributed by atoms with Gasteiger partial charge in [-0.1, -0.05) is 12.8 Å². The number of carbonyl (C=O) groups excluding carboxylic acids is 1. The first-order valence-corrected chi connectivity index (χ1v) is 6.53. The van der Waals surface area contributed by atoms with E-state index in [0.29, 0.717) is 12.5 Å². The molecule has 5 heteroatoms. The molecule has 0 bridgehead atoms. The minimum Gasteiger partial charge on any atom is -0.478 e. The number of aromatic carboxylic acids is 1. The number of hydrogen-bond donors (Lipinski definition) is 1. The monoisotopic (exact) mass is 262 g/mol. The molecule has 1 N–H and O–H groups in total.